The number of anilines is 2. The Labute approximate surface area is 223 Å². The van der Waals surface area contributed by atoms with Crippen LogP contribution in [-0.4, -0.2) is 66.9 Å². The lowest BCUT2D eigenvalue weighted by Crippen LogP contribution is -2.44. The van der Waals surface area contributed by atoms with Gasteiger partial charge >= 0.3 is 18.2 Å². The van der Waals surface area contributed by atoms with E-state index in [1.807, 2.05) is 0 Å². The molecule has 0 saturated carbocycles. The molecule has 2 aromatic rings. The van der Waals surface area contributed by atoms with E-state index < -0.39 is 33.9 Å². The number of ether oxygens (including phenoxy) is 3. The van der Waals surface area contributed by atoms with E-state index in [0.29, 0.717) is 20.4 Å². The predicted octanol–water partition coefficient (Wildman–Crippen LogP) is 4.26. The first-order chi connectivity index (χ1) is 18.1. The zero-order valence-corrected chi connectivity index (χ0v) is 22.9. The topological polar surface area (TPSA) is 149 Å². The summed E-state index contributed by atoms with van der Waals surface area (Å²) >= 11 is 0. The van der Waals surface area contributed by atoms with Crippen LogP contribution in [0.5, 0.6) is 11.6 Å². The van der Waals surface area contributed by atoms with Gasteiger partial charge in [0.1, 0.15) is 12.4 Å². The van der Waals surface area contributed by atoms with Crippen LogP contribution in [0, 0.1) is 0 Å². The quantitative estimate of drug-likeness (QED) is 0.467. The lowest BCUT2D eigenvalue weighted by atomic mass is 10.1. The van der Waals surface area contributed by atoms with E-state index in [9.17, 15) is 31.2 Å². The molecular weight excluding hydrogens is 549 g/mol. The van der Waals surface area contributed by atoms with Crippen molar-refractivity contribution in [3.63, 3.8) is 0 Å². The van der Waals surface area contributed by atoms with Gasteiger partial charge in [-0.3, -0.25) is 19.1 Å². The largest absolute Gasteiger partial charge is 0.489 e. The first kappa shape index (κ1) is 31.5. The van der Waals surface area contributed by atoms with Gasteiger partial charge in [0.25, 0.3) is 15.9 Å². The maximum atomic E-state index is 13.5. The smallest absolute Gasteiger partial charge is 0.427 e. The molecule has 0 atom stereocenters. The van der Waals surface area contributed by atoms with Crippen LogP contribution in [0.3, 0.4) is 0 Å². The Balaban J connectivity index is 0.000000976. The summed E-state index contributed by atoms with van der Waals surface area (Å²) in [4.78, 5) is 21.3. The number of aromatic nitrogens is 2. The number of aryl methyl sites for hydroxylation is 1. The second-order valence-electron chi connectivity index (χ2n) is 8.47. The average Bonchev–Trinajstić information content (AvgIpc) is 3.27. The second kappa shape index (κ2) is 12.4. The van der Waals surface area contributed by atoms with Gasteiger partial charge < -0.3 is 19.3 Å². The summed E-state index contributed by atoms with van der Waals surface area (Å²) in [6.45, 7) is 7.15. The van der Waals surface area contributed by atoms with Crippen molar-refractivity contribution in [1.29, 1.82) is 0 Å². The Morgan fingerprint density at radius 1 is 1.21 bits per heavy atom. The zero-order chi connectivity index (χ0) is 29.6. The van der Waals surface area contributed by atoms with E-state index in [1.54, 1.807) is 20.8 Å². The number of carbonyl (C=O) groups is 2. The van der Waals surface area contributed by atoms with E-state index in [0.717, 1.165) is 4.31 Å². The molecule has 2 N–H and O–H groups in total. The van der Waals surface area contributed by atoms with E-state index in [1.165, 1.54) is 29.1 Å². The SMILES string of the molecule is CCC(=O)O.CCOc1nn(CC)cc1S(=O)(=O)N1CCOc2ccc(NC(=O)OC(C)(C)C(F)(F)F)cc21. The number of nitrogens with one attached hydrogen (secondary N) is 1. The van der Waals surface area contributed by atoms with Crippen LogP contribution >= 0.6 is 0 Å². The summed E-state index contributed by atoms with van der Waals surface area (Å²) < 4.78 is 84.0. The molecule has 1 aliphatic heterocycles. The van der Waals surface area contributed by atoms with Crippen LogP contribution in [0.4, 0.5) is 29.3 Å². The lowest BCUT2D eigenvalue weighted by molar-refractivity contribution is -0.242. The van der Waals surface area contributed by atoms with E-state index in [2.05, 4.69) is 15.2 Å². The number of hydrogen-bond acceptors (Lipinski definition) is 8. The van der Waals surface area contributed by atoms with Gasteiger partial charge in [-0.25, -0.2) is 13.2 Å². The second-order valence-corrected chi connectivity index (χ2v) is 10.3. The molecule has 0 unspecified atom stereocenters. The number of aliphatic carboxylic acids is 1. The normalized spacial score (nSPS) is 13.4. The number of nitrogens with zero attached hydrogens (tertiary/aromatic N) is 3. The van der Waals surface area contributed by atoms with Crippen LogP contribution in [-0.2, 0) is 26.1 Å². The van der Waals surface area contributed by atoms with Crippen LogP contribution in [0.2, 0.25) is 0 Å². The molecule has 0 aliphatic carbocycles. The Morgan fingerprint density at radius 3 is 2.38 bits per heavy atom. The van der Waals surface area contributed by atoms with Crippen molar-refractivity contribution in [3.05, 3.63) is 24.4 Å². The van der Waals surface area contributed by atoms with Gasteiger partial charge in [-0.2, -0.15) is 13.2 Å². The molecule has 12 nitrogen and oxygen atoms in total. The minimum Gasteiger partial charge on any atom is -0.489 e. The Bertz CT molecular complexity index is 1280. The third kappa shape index (κ3) is 7.68. The first-order valence-corrected chi connectivity index (χ1v) is 13.3. The monoisotopic (exact) mass is 580 g/mol. The van der Waals surface area contributed by atoms with Gasteiger partial charge in [0, 0.05) is 24.8 Å². The Hall–Kier alpha value is -3.69. The highest BCUT2D eigenvalue weighted by Crippen LogP contribution is 2.39. The number of carboxylic acids is 1. The van der Waals surface area contributed by atoms with Gasteiger partial charge in [-0.15, -0.1) is 5.10 Å². The van der Waals surface area contributed by atoms with Crippen LogP contribution in [0.15, 0.2) is 29.3 Å². The molecule has 0 spiro atoms. The molecule has 39 heavy (non-hydrogen) atoms. The Morgan fingerprint density at radius 2 is 1.85 bits per heavy atom. The maximum Gasteiger partial charge on any atom is 0.427 e. The number of fused-ring (bicyclic) bond motifs is 1. The highest BCUT2D eigenvalue weighted by Gasteiger charge is 2.51. The van der Waals surface area contributed by atoms with Gasteiger partial charge in [0.15, 0.2) is 4.90 Å². The average molecular weight is 581 g/mol. The van der Waals surface area contributed by atoms with Crippen molar-refractivity contribution in [3.8, 4) is 11.6 Å². The van der Waals surface area contributed by atoms with Crippen molar-refractivity contribution in [1.82, 2.24) is 9.78 Å². The predicted molar refractivity (Wildman–Crippen MR) is 134 cm³/mol. The third-order valence-electron chi connectivity index (χ3n) is 5.23. The number of carboxylic acid groups (broad SMARTS) is 1. The maximum absolute atomic E-state index is 13.5. The fourth-order valence-electron chi connectivity index (χ4n) is 3.03. The van der Waals surface area contributed by atoms with Crippen molar-refractivity contribution in [2.45, 2.75) is 64.3 Å². The van der Waals surface area contributed by atoms with Crippen molar-refractivity contribution >= 4 is 33.5 Å². The first-order valence-electron chi connectivity index (χ1n) is 11.9. The standard InChI is InChI=1S/C20H25F3N4O6S.C3H6O2/c1-5-26-12-16(17(25-26)31-6-2)34(29,30)27-9-10-32-15-8-7-13(11-14(15)27)24-18(28)33-19(3,4)20(21,22)23;1-2-3(4)5/h7-8,11-12H,5-6,9-10H2,1-4H3,(H,24,28);2H2,1H3,(H,4,5). The molecule has 1 aromatic heterocycles. The van der Waals surface area contributed by atoms with Crippen LogP contribution in [0.1, 0.15) is 41.0 Å². The number of halogens is 3. The summed E-state index contributed by atoms with van der Waals surface area (Å²) in [6, 6.07) is 4.04. The molecule has 1 aromatic carbocycles. The number of sulfonamides is 1. The number of benzene rings is 1. The van der Waals surface area contributed by atoms with Crippen molar-refractivity contribution in [2.75, 3.05) is 29.4 Å². The number of rotatable bonds is 8. The molecule has 0 saturated heterocycles. The fraction of sp³-hybridized carbons (Fsp3) is 0.522. The highest BCUT2D eigenvalue weighted by molar-refractivity contribution is 7.93. The van der Waals surface area contributed by atoms with Crippen LogP contribution < -0.4 is 19.1 Å². The molecule has 16 heteroatoms. The van der Waals surface area contributed by atoms with Gasteiger partial charge in [-0.05, 0) is 45.9 Å². The summed E-state index contributed by atoms with van der Waals surface area (Å²) in [5, 5.41) is 14.1. The molecule has 218 valence electrons. The molecule has 3 rings (SSSR count). The summed E-state index contributed by atoms with van der Waals surface area (Å²) in [6.07, 6.45) is -4.55. The highest BCUT2D eigenvalue weighted by atomic mass is 32.2. The molecule has 0 bridgehead atoms. The van der Waals surface area contributed by atoms with E-state index in [4.69, 9.17) is 14.6 Å². The van der Waals surface area contributed by atoms with Gasteiger partial charge in [0.2, 0.25) is 5.60 Å². The van der Waals surface area contributed by atoms with Crippen LogP contribution in [0.25, 0.3) is 0 Å². The van der Waals surface area contributed by atoms with E-state index >= 15 is 0 Å². The van der Waals surface area contributed by atoms with E-state index in [-0.39, 0.29) is 54.1 Å². The van der Waals surface area contributed by atoms with Crippen molar-refractivity contribution in [2.24, 2.45) is 0 Å². The fourth-order valence-corrected chi connectivity index (χ4v) is 4.56. The summed E-state index contributed by atoms with van der Waals surface area (Å²) in [5.41, 5.74) is -2.62. The zero-order valence-electron chi connectivity index (χ0n) is 22.0. The van der Waals surface area contributed by atoms with Crippen molar-refractivity contribution < 1.29 is 50.5 Å². The third-order valence-corrected chi connectivity index (χ3v) is 7.02. The number of amides is 1. The van der Waals surface area contributed by atoms with Gasteiger partial charge in [-0.1, -0.05) is 6.92 Å². The van der Waals surface area contributed by atoms with Gasteiger partial charge in [0.05, 0.1) is 18.8 Å². The summed E-state index contributed by atoms with van der Waals surface area (Å²) in [7, 11) is -4.16. The molecular formula is C23H31F3N4O8S. The summed E-state index contributed by atoms with van der Waals surface area (Å²) in [5.74, 6) is -0.583. The Kier molecular flexibility index (Phi) is 10.1. The minimum atomic E-state index is -4.78. The molecule has 1 amide bonds. The lowest BCUT2D eigenvalue weighted by Gasteiger charge is -2.31. The molecule has 0 radical (unpaired) electrons. The number of hydrogen-bond donors (Lipinski definition) is 2. The molecule has 0 fully saturated rings. The molecule has 1 aliphatic rings. The minimum absolute atomic E-state index is 0.0155. The number of alkyl halides is 3. The molecule has 2 heterocycles. The number of carbonyl (C=O) groups excluding carboxylic acids is 1.